The number of nitrogens with one attached hydrogen (secondary N) is 1. The van der Waals surface area contributed by atoms with Crippen molar-refractivity contribution >= 4 is 17.3 Å². The minimum Gasteiger partial charge on any atom is -0.477 e. The molecule has 5 heteroatoms. The van der Waals surface area contributed by atoms with E-state index in [0.29, 0.717) is 11.5 Å². The van der Waals surface area contributed by atoms with Crippen LogP contribution in [0.25, 0.3) is 0 Å². The van der Waals surface area contributed by atoms with Gasteiger partial charge in [0.25, 0.3) is 0 Å². The lowest BCUT2D eigenvalue weighted by atomic mass is 9.97. The van der Waals surface area contributed by atoms with Gasteiger partial charge in [-0.1, -0.05) is 35.5 Å². The topological polar surface area (TPSA) is 70.9 Å². The van der Waals surface area contributed by atoms with Gasteiger partial charge in [0.2, 0.25) is 5.91 Å². The number of para-hydroxylation sites is 2. The van der Waals surface area contributed by atoms with Crippen molar-refractivity contribution in [2.24, 2.45) is 5.16 Å². The largest absolute Gasteiger partial charge is 0.477 e. The first-order valence-corrected chi connectivity index (χ1v) is 7.31. The first kappa shape index (κ1) is 13.6. The number of hydrogen-bond donors (Lipinski definition) is 2. The van der Waals surface area contributed by atoms with Gasteiger partial charge in [-0.2, -0.15) is 0 Å². The third-order valence-electron chi connectivity index (χ3n) is 4.02. The molecule has 0 radical (unpaired) electrons. The molecule has 2 aromatic carbocycles. The van der Waals surface area contributed by atoms with Crippen LogP contribution in [0.15, 0.2) is 71.4 Å². The highest BCUT2D eigenvalue weighted by Gasteiger charge is 2.54. The number of hydrogen-bond acceptors (Lipinski definition) is 4. The summed E-state index contributed by atoms with van der Waals surface area (Å²) in [7, 11) is 0. The van der Waals surface area contributed by atoms with Gasteiger partial charge in [0, 0.05) is 16.8 Å². The van der Waals surface area contributed by atoms with Gasteiger partial charge in [0.15, 0.2) is 5.60 Å². The number of carbonyl (C=O) groups is 1. The van der Waals surface area contributed by atoms with Crippen molar-refractivity contribution in [2.75, 3.05) is 5.32 Å². The fraction of sp³-hybridized carbons (Fsp3) is 0.111. The van der Waals surface area contributed by atoms with Gasteiger partial charge >= 0.3 is 0 Å². The Hall–Kier alpha value is -3.08. The molecule has 1 aliphatic heterocycles. The Kier molecular flexibility index (Phi) is 2.94. The Bertz CT molecular complexity index is 842. The number of benzene rings is 2. The van der Waals surface area contributed by atoms with Crippen LogP contribution in [0, 0.1) is 0 Å². The normalized spacial score (nSPS) is 22.4. The summed E-state index contributed by atoms with van der Waals surface area (Å²) in [5.41, 5.74) is 1.90. The second-order valence-corrected chi connectivity index (χ2v) is 5.59. The maximum Gasteiger partial charge on any atom is 0.229 e. The van der Waals surface area contributed by atoms with Crippen molar-refractivity contribution < 1.29 is 14.7 Å². The molecule has 23 heavy (non-hydrogen) atoms. The zero-order chi connectivity index (χ0) is 15.9. The van der Waals surface area contributed by atoms with E-state index >= 15 is 0 Å². The minimum absolute atomic E-state index is 0.143. The predicted molar refractivity (Wildman–Crippen MR) is 85.9 cm³/mol. The molecule has 0 spiro atoms. The standard InChI is InChI=1S/C18H14N2O3/c21-16(19-12-6-2-1-3-7-12)11-18-10-14(18)17(20-22)13-8-4-5-9-15(13)23-18/h1-10,22H,11H2,(H,19,21). The summed E-state index contributed by atoms with van der Waals surface area (Å²) < 4.78 is 5.99. The summed E-state index contributed by atoms with van der Waals surface area (Å²) in [6.07, 6.45) is 1.97. The van der Waals surface area contributed by atoms with Gasteiger partial charge in [-0.05, 0) is 30.3 Å². The number of fused-ring (bicyclic) bond motifs is 2. The SMILES string of the molecule is O=C(CC12C=C1C(=NO)c1ccccc1O2)Nc1ccccc1. The van der Waals surface area contributed by atoms with Crippen LogP contribution in [0.3, 0.4) is 0 Å². The lowest BCUT2D eigenvalue weighted by Crippen LogP contribution is -2.34. The molecular formula is C18H14N2O3. The number of rotatable bonds is 3. The highest BCUT2D eigenvalue weighted by molar-refractivity contribution is 6.20. The third-order valence-corrected chi connectivity index (χ3v) is 4.02. The van der Waals surface area contributed by atoms with Gasteiger partial charge < -0.3 is 15.3 Å². The maximum atomic E-state index is 12.3. The zero-order valence-electron chi connectivity index (χ0n) is 12.2. The molecule has 1 aliphatic carbocycles. The monoisotopic (exact) mass is 306 g/mol. The van der Waals surface area contributed by atoms with Crippen LogP contribution in [-0.4, -0.2) is 22.4 Å². The van der Waals surface area contributed by atoms with E-state index in [1.165, 1.54) is 0 Å². The Morgan fingerprint density at radius 2 is 1.87 bits per heavy atom. The van der Waals surface area contributed by atoms with Crippen LogP contribution in [0.4, 0.5) is 5.69 Å². The van der Waals surface area contributed by atoms with Crippen LogP contribution in [-0.2, 0) is 4.79 Å². The highest BCUT2D eigenvalue weighted by atomic mass is 16.5. The van der Waals surface area contributed by atoms with E-state index in [1.54, 1.807) is 6.07 Å². The second-order valence-electron chi connectivity index (χ2n) is 5.59. The van der Waals surface area contributed by atoms with Crippen LogP contribution in [0.1, 0.15) is 12.0 Å². The molecule has 0 bridgehead atoms. The molecule has 0 fully saturated rings. The molecule has 1 unspecified atom stereocenters. The van der Waals surface area contributed by atoms with Crippen molar-refractivity contribution in [2.45, 2.75) is 12.0 Å². The van der Waals surface area contributed by atoms with E-state index in [4.69, 9.17) is 4.74 Å². The van der Waals surface area contributed by atoms with Crippen molar-refractivity contribution in [3.63, 3.8) is 0 Å². The summed E-state index contributed by atoms with van der Waals surface area (Å²) in [6.45, 7) is 0. The molecule has 2 N–H and O–H groups in total. The average molecular weight is 306 g/mol. The Balaban J connectivity index is 1.55. The highest BCUT2D eigenvalue weighted by Crippen LogP contribution is 2.49. The molecule has 1 amide bonds. The molecule has 2 aromatic rings. The van der Waals surface area contributed by atoms with Gasteiger partial charge in [0.1, 0.15) is 11.5 Å². The molecule has 0 saturated heterocycles. The van der Waals surface area contributed by atoms with Gasteiger partial charge in [-0.25, -0.2) is 0 Å². The van der Waals surface area contributed by atoms with Gasteiger partial charge in [-0.3, -0.25) is 4.79 Å². The van der Waals surface area contributed by atoms with Crippen molar-refractivity contribution in [1.82, 2.24) is 0 Å². The molecule has 1 atom stereocenters. The Labute approximate surface area is 132 Å². The third kappa shape index (κ3) is 2.26. The number of oxime groups is 1. The van der Waals surface area contributed by atoms with E-state index in [2.05, 4.69) is 10.5 Å². The summed E-state index contributed by atoms with van der Waals surface area (Å²) in [6, 6.07) is 16.6. The predicted octanol–water partition coefficient (Wildman–Crippen LogP) is 2.96. The number of anilines is 1. The van der Waals surface area contributed by atoms with E-state index in [-0.39, 0.29) is 12.3 Å². The summed E-state index contributed by atoms with van der Waals surface area (Å²) in [5.74, 6) is 0.462. The van der Waals surface area contributed by atoms with Crippen molar-refractivity contribution in [1.29, 1.82) is 0 Å². The van der Waals surface area contributed by atoms with E-state index in [1.807, 2.05) is 54.6 Å². The van der Waals surface area contributed by atoms with Crippen LogP contribution < -0.4 is 10.1 Å². The van der Waals surface area contributed by atoms with Crippen LogP contribution in [0.2, 0.25) is 0 Å². The maximum absolute atomic E-state index is 12.3. The molecule has 0 aromatic heterocycles. The van der Waals surface area contributed by atoms with Gasteiger partial charge in [-0.15, -0.1) is 0 Å². The first-order valence-electron chi connectivity index (χ1n) is 7.31. The summed E-state index contributed by atoms with van der Waals surface area (Å²) in [4.78, 5) is 12.3. The fourth-order valence-corrected chi connectivity index (χ4v) is 2.90. The first-order chi connectivity index (χ1) is 11.2. The zero-order valence-corrected chi connectivity index (χ0v) is 12.2. The lowest BCUT2D eigenvalue weighted by molar-refractivity contribution is -0.117. The fourth-order valence-electron chi connectivity index (χ4n) is 2.90. The Morgan fingerprint density at radius 1 is 1.13 bits per heavy atom. The van der Waals surface area contributed by atoms with E-state index in [9.17, 15) is 10.0 Å². The molecule has 0 saturated carbocycles. The molecule has 4 rings (SSSR count). The van der Waals surface area contributed by atoms with E-state index in [0.717, 1.165) is 16.8 Å². The van der Waals surface area contributed by atoms with Crippen molar-refractivity contribution in [3.8, 4) is 5.75 Å². The molecule has 2 aliphatic rings. The van der Waals surface area contributed by atoms with Gasteiger partial charge in [0.05, 0.1) is 6.42 Å². The second kappa shape index (κ2) is 4.98. The Morgan fingerprint density at radius 3 is 2.65 bits per heavy atom. The molecular weight excluding hydrogens is 292 g/mol. The molecule has 114 valence electrons. The summed E-state index contributed by atoms with van der Waals surface area (Å²) >= 11 is 0. The molecule has 1 heterocycles. The quantitative estimate of drug-likeness (QED) is 0.676. The molecule has 5 nitrogen and oxygen atoms in total. The summed E-state index contributed by atoms with van der Waals surface area (Å²) in [5, 5.41) is 15.5. The van der Waals surface area contributed by atoms with Crippen LogP contribution >= 0.6 is 0 Å². The van der Waals surface area contributed by atoms with Crippen molar-refractivity contribution in [3.05, 3.63) is 71.8 Å². The smallest absolute Gasteiger partial charge is 0.229 e. The van der Waals surface area contributed by atoms with Crippen LogP contribution in [0.5, 0.6) is 5.75 Å². The lowest BCUT2D eigenvalue weighted by Gasteiger charge is -2.27. The number of nitrogens with zero attached hydrogens (tertiary/aromatic N) is 1. The number of amides is 1. The number of ether oxygens (including phenoxy) is 1. The average Bonchev–Trinajstić information content (AvgIpc) is 3.26. The number of carbonyl (C=O) groups excluding carboxylic acids is 1. The van der Waals surface area contributed by atoms with E-state index < -0.39 is 5.60 Å². The minimum atomic E-state index is -0.797.